The van der Waals surface area contributed by atoms with E-state index in [2.05, 4.69) is 39.6 Å². The summed E-state index contributed by atoms with van der Waals surface area (Å²) in [6, 6.07) is 8.64. The second kappa shape index (κ2) is 6.15. The molecule has 0 aromatic heterocycles. The zero-order valence-electron chi connectivity index (χ0n) is 10.8. The molecule has 1 aliphatic rings. The molecule has 4 heteroatoms. The van der Waals surface area contributed by atoms with Crippen molar-refractivity contribution in [2.75, 3.05) is 7.11 Å². The Balaban J connectivity index is 1.97. The van der Waals surface area contributed by atoms with Crippen molar-refractivity contribution in [1.29, 1.82) is 0 Å². The molecule has 3 N–H and O–H groups in total. The molecule has 1 aromatic carbocycles. The predicted molar refractivity (Wildman–Crippen MR) is 77.2 cm³/mol. The highest BCUT2D eigenvalue weighted by molar-refractivity contribution is 9.10. The Morgan fingerprint density at radius 1 is 1.50 bits per heavy atom. The third-order valence-electron chi connectivity index (χ3n) is 3.92. The van der Waals surface area contributed by atoms with Crippen LogP contribution in [0.1, 0.15) is 31.2 Å². The lowest BCUT2D eigenvalue weighted by atomic mass is 9.75. The minimum Gasteiger partial charge on any atom is -0.378 e. The van der Waals surface area contributed by atoms with Gasteiger partial charge in [-0.15, -0.1) is 0 Å². The van der Waals surface area contributed by atoms with Crippen molar-refractivity contribution >= 4 is 15.9 Å². The first kappa shape index (κ1) is 14.0. The van der Waals surface area contributed by atoms with Gasteiger partial charge >= 0.3 is 0 Å². The number of hydrogen-bond donors (Lipinski definition) is 2. The maximum absolute atomic E-state index is 5.68. The van der Waals surface area contributed by atoms with Crippen LogP contribution in [0, 0.1) is 0 Å². The van der Waals surface area contributed by atoms with E-state index in [4.69, 9.17) is 10.6 Å². The van der Waals surface area contributed by atoms with E-state index in [9.17, 15) is 0 Å². The van der Waals surface area contributed by atoms with Crippen LogP contribution >= 0.6 is 15.9 Å². The molecule has 0 saturated heterocycles. The topological polar surface area (TPSA) is 47.3 Å². The van der Waals surface area contributed by atoms with Gasteiger partial charge in [-0.25, -0.2) is 0 Å². The standard InChI is InChI=1S/C14H21BrN2O/c1-18-14(6-3-7-14)10-13(17-16)9-11-4-2-5-12(15)8-11/h2,4-5,8,13,17H,3,6-7,9-10,16H2,1H3. The number of nitrogens with two attached hydrogens (primary N) is 1. The molecule has 1 unspecified atom stereocenters. The van der Waals surface area contributed by atoms with E-state index < -0.39 is 0 Å². The third kappa shape index (κ3) is 3.32. The molecular weight excluding hydrogens is 292 g/mol. The minimum atomic E-state index is 0.0586. The van der Waals surface area contributed by atoms with E-state index in [1.807, 2.05) is 13.2 Å². The van der Waals surface area contributed by atoms with Crippen molar-refractivity contribution in [1.82, 2.24) is 5.43 Å². The number of hydrogen-bond acceptors (Lipinski definition) is 3. The summed E-state index contributed by atoms with van der Waals surface area (Å²) in [6.45, 7) is 0. The van der Waals surface area contributed by atoms with Crippen LogP contribution in [0.4, 0.5) is 0 Å². The lowest BCUT2D eigenvalue weighted by molar-refractivity contribution is -0.0834. The van der Waals surface area contributed by atoms with Crippen LogP contribution in [0.15, 0.2) is 28.7 Å². The monoisotopic (exact) mass is 312 g/mol. The van der Waals surface area contributed by atoms with Crippen molar-refractivity contribution in [3.63, 3.8) is 0 Å². The van der Waals surface area contributed by atoms with Crippen LogP contribution in [0.3, 0.4) is 0 Å². The summed E-state index contributed by atoms with van der Waals surface area (Å²) in [6.07, 6.45) is 5.48. The van der Waals surface area contributed by atoms with E-state index in [0.29, 0.717) is 0 Å². The van der Waals surface area contributed by atoms with E-state index in [1.54, 1.807) is 0 Å². The van der Waals surface area contributed by atoms with Gasteiger partial charge in [-0.2, -0.15) is 0 Å². The molecule has 1 saturated carbocycles. The second-order valence-corrected chi connectivity index (χ2v) is 6.06. The molecule has 0 amide bonds. The fourth-order valence-corrected chi connectivity index (χ4v) is 3.10. The molecular formula is C14H21BrN2O. The van der Waals surface area contributed by atoms with Crippen LogP contribution in [-0.4, -0.2) is 18.8 Å². The van der Waals surface area contributed by atoms with Gasteiger partial charge in [0.05, 0.1) is 5.60 Å². The maximum Gasteiger partial charge on any atom is 0.0694 e. The number of hydrazine groups is 1. The average Bonchev–Trinajstić information content (AvgIpc) is 2.32. The average molecular weight is 313 g/mol. The Bertz CT molecular complexity index is 388. The second-order valence-electron chi connectivity index (χ2n) is 5.14. The van der Waals surface area contributed by atoms with Gasteiger partial charge < -0.3 is 4.74 Å². The summed E-state index contributed by atoms with van der Waals surface area (Å²) in [7, 11) is 1.81. The summed E-state index contributed by atoms with van der Waals surface area (Å²) in [5.74, 6) is 5.68. The lowest BCUT2D eigenvalue weighted by Crippen LogP contribution is -2.48. The first-order valence-electron chi connectivity index (χ1n) is 6.43. The number of halogens is 1. The summed E-state index contributed by atoms with van der Waals surface area (Å²) in [5.41, 5.74) is 4.28. The number of ether oxygens (including phenoxy) is 1. The van der Waals surface area contributed by atoms with Gasteiger partial charge in [-0.05, 0) is 49.8 Å². The molecule has 3 nitrogen and oxygen atoms in total. The molecule has 18 heavy (non-hydrogen) atoms. The highest BCUT2D eigenvalue weighted by atomic mass is 79.9. The zero-order chi connectivity index (χ0) is 13.0. The molecule has 0 spiro atoms. The molecule has 0 aliphatic heterocycles. The molecule has 1 atom stereocenters. The van der Waals surface area contributed by atoms with Gasteiger partial charge in [0.25, 0.3) is 0 Å². The first-order valence-corrected chi connectivity index (χ1v) is 7.22. The number of methoxy groups -OCH3 is 1. The van der Waals surface area contributed by atoms with E-state index >= 15 is 0 Å². The smallest absolute Gasteiger partial charge is 0.0694 e. The Labute approximate surface area is 117 Å². The quantitative estimate of drug-likeness (QED) is 0.627. The van der Waals surface area contributed by atoms with Crippen molar-refractivity contribution in [2.45, 2.75) is 43.7 Å². The predicted octanol–water partition coefficient (Wildman–Crippen LogP) is 2.78. The minimum absolute atomic E-state index is 0.0586. The summed E-state index contributed by atoms with van der Waals surface area (Å²) in [5, 5.41) is 0. The van der Waals surface area contributed by atoms with Gasteiger partial charge in [-0.3, -0.25) is 11.3 Å². The molecule has 2 rings (SSSR count). The fraction of sp³-hybridized carbons (Fsp3) is 0.571. The molecule has 1 aliphatic carbocycles. The van der Waals surface area contributed by atoms with E-state index in [0.717, 1.165) is 30.2 Å². The van der Waals surface area contributed by atoms with Gasteiger partial charge in [0.1, 0.15) is 0 Å². The summed E-state index contributed by atoms with van der Waals surface area (Å²) >= 11 is 3.50. The van der Waals surface area contributed by atoms with Crippen LogP contribution in [0.2, 0.25) is 0 Å². The van der Waals surface area contributed by atoms with Crippen molar-refractivity contribution < 1.29 is 4.74 Å². The van der Waals surface area contributed by atoms with E-state index in [-0.39, 0.29) is 11.6 Å². The summed E-state index contributed by atoms with van der Waals surface area (Å²) < 4.78 is 6.77. The lowest BCUT2D eigenvalue weighted by Gasteiger charge is -2.42. The van der Waals surface area contributed by atoms with E-state index in [1.165, 1.54) is 12.0 Å². The highest BCUT2D eigenvalue weighted by Gasteiger charge is 2.38. The van der Waals surface area contributed by atoms with Crippen LogP contribution < -0.4 is 11.3 Å². The number of nitrogens with one attached hydrogen (secondary N) is 1. The molecule has 0 radical (unpaired) electrons. The Morgan fingerprint density at radius 2 is 2.28 bits per heavy atom. The Morgan fingerprint density at radius 3 is 2.78 bits per heavy atom. The third-order valence-corrected chi connectivity index (χ3v) is 4.42. The maximum atomic E-state index is 5.68. The van der Waals surface area contributed by atoms with Crippen LogP contribution in [0.5, 0.6) is 0 Å². The van der Waals surface area contributed by atoms with Crippen LogP contribution in [0.25, 0.3) is 0 Å². The largest absolute Gasteiger partial charge is 0.378 e. The van der Waals surface area contributed by atoms with Gasteiger partial charge in [0, 0.05) is 17.6 Å². The molecule has 1 aromatic rings. The van der Waals surface area contributed by atoms with Crippen LogP contribution in [-0.2, 0) is 11.2 Å². The molecule has 0 heterocycles. The zero-order valence-corrected chi connectivity index (χ0v) is 12.4. The first-order chi connectivity index (χ1) is 8.67. The molecule has 1 fully saturated rings. The van der Waals surface area contributed by atoms with Gasteiger partial charge in [0.15, 0.2) is 0 Å². The Hall–Kier alpha value is -0.420. The molecule has 0 bridgehead atoms. The number of benzene rings is 1. The normalized spacial score (nSPS) is 19.3. The van der Waals surface area contributed by atoms with Gasteiger partial charge in [-0.1, -0.05) is 28.1 Å². The SMILES string of the molecule is COC1(CC(Cc2cccc(Br)c2)NN)CCC1. The Kier molecular flexibility index (Phi) is 4.78. The van der Waals surface area contributed by atoms with Crippen molar-refractivity contribution in [3.8, 4) is 0 Å². The fourth-order valence-electron chi connectivity index (χ4n) is 2.65. The van der Waals surface area contributed by atoms with Crippen molar-refractivity contribution in [2.24, 2.45) is 5.84 Å². The highest BCUT2D eigenvalue weighted by Crippen LogP contribution is 2.39. The molecule has 100 valence electrons. The number of rotatable bonds is 6. The summed E-state index contributed by atoms with van der Waals surface area (Å²) in [4.78, 5) is 0. The van der Waals surface area contributed by atoms with Gasteiger partial charge in [0.2, 0.25) is 0 Å². The van der Waals surface area contributed by atoms with Crippen molar-refractivity contribution in [3.05, 3.63) is 34.3 Å².